The van der Waals surface area contributed by atoms with Crippen LogP contribution in [0.4, 0.5) is 10.2 Å². The molecule has 0 spiro atoms. The molecule has 2 atom stereocenters. The average Bonchev–Trinajstić information content (AvgIpc) is 3.32. The smallest absolute Gasteiger partial charge is 0.210 e. The highest BCUT2D eigenvalue weighted by atomic mass is 35.5. The summed E-state index contributed by atoms with van der Waals surface area (Å²) in [4.78, 5) is 17.5. The first-order valence-corrected chi connectivity index (χ1v) is 12.1. The Balaban J connectivity index is 1.47. The normalized spacial score (nSPS) is 16.8. The maximum atomic E-state index is 14.0. The minimum atomic E-state index is -0.729. The first-order valence-electron chi connectivity index (χ1n) is 11.4. The number of pyridine rings is 1. The predicted octanol–water partition coefficient (Wildman–Crippen LogP) is 5.77. The molecule has 2 aromatic heterocycles. The molecule has 1 aliphatic heterocycles. The van der Waals surface area contributed by atoms with Gasteiger partial charge in [0.05, 0.1) is 22.7 Å². The Morgan fingerprint density at radius 2 is 2.06 bits per heavy atom. The fourth-order valence-electron chi connectivity index (χ4n) is 4.51. The van der Waals surface area contributed by atoms with Crippen LogP contribution in [0.5, 0.6) is 5.75 Å². The number of hydrogen-bond acceptors (Lipinski definition) is 6. The maximum absolute atomic E-state index is 14.0. The molecule has 0 aliphatic carbocycles. The number of aromatic nitrogens is 1. The van der Waals surface area contributed by atoms with Gasteiger partial charge in [-0.1, -0.05) is 47.5 Å². The third-order valence-corrected chi connectivity index (χ3v) is 7.12. The molecule has 5 rings (SSSR count). The molecule has 186 valence electrons. The van der Waals surface area contributed by atoms with Crippen LogP contribution < -0.4 is 15.8 Å². The highest BCUT2D eigenvalue weighted by Gasteiger charge is 2.24. The Kier molecular flexibility index (Phi) is 6.75. The number of hydrogen-bond donors (Lipinski definition) is 2. The zero-order valence-electron chi connectivity index (χ0n) is 19.3. The number of carbonyl (C=O) groups is 1. The van der Waals surface area contributed by atoms with Crippen LogP contribution in [0.15, 0.2) is 53.3 Å². The number of rotatable bonds is 6. The van der Waals surface area contributed by atoms with Gasteiger partial charge in [-0.2, -0.15) is 0 Å². The molecule has 1 amide bonds. The number of fused-ring (bicyclic) bond motifs is 1. The van der Waals surface area contributed by atoms with Gasteiger partial charge >= 0.3 is 0 Å². The lowest BCUT2D eigenvalue weighted by Gasteiger charge is -2.33. The second-order valence-corrected chi connectivity index (χ2v) is 9.35. The van der Waals surface area contributed by atoms with Crippen LogP contribution in [0.2, 0.25) is 10.0 Å². The van der Waals surface area contributed by atoms with Gasteiger partial charge in [-0.15, -0.1) is 0 Å². The number of amides is 1. The van der Waals surface area contributed by atoms with Gasteiger partial charge in [0.25, 0.3) is 0 Å². The summed E-state index contributed by atoms with van der Waals surface area (Å²) in [5.41, 5.74) is 9.57. The fourth-order valence-corrected chi connectivity index (χ4v) is 5.19. The van der Waals surface area contributed by atoms with E-state index in [2.05, 4.69) is 10.3 Å². The van der Waals surface area contributed by atoms with Gasteiger partial charge in [0, 0.05) is 42.0 Å². The summed E-state index contributed by atoms with van der Waals surface area (Å²) in [5, 5.41) is 4.18. The third-order valence-electron chi connectivity index (χ3n) is 6.41. The molecule has 0 radical (unpaired) electrons. The third kappa shape index (κ3) is 4.36. The lowest BCUT2D eigenvalue weighted by atomic mass is 9.99. The molecule has 0 bridgehead atoms. The number of benzene rings is 2. The number of piperazine rings is 1. The van der Waals surface area contributed by atoms with Gasteiger partial charge in [0.2, 0.25) is 12.2 Å². The molecule has 36 heavy (non-hydrogen) atoms. The van der Waals surface area contributed by atoms with Crippen LogP contribution in [0.25, 0.3) is 22.1 Å². The first kappa shape index (κ1) is 24.4. The number of anilines is 1. The van der Waals surface area contributed by atoms with Crippen LogP contribution in [0, 0.1) is 5.82 Å². The predicted molar refractivity (Wildman–Crippen MR) is 138 cm³/mol. The second kappa shape index (κ2) is 9.97. The van der Waals surface area contributed by atoms with E-state index in [0.29, 0.717) is 29.6 Å². The molecule has 2 aromatic carbocycles. The van der Waals surface area contributed by atoms with E-state index in [-0.39, 0.29) is 27.7 Å². The number of halogens is 3. The van der Waals surface area contributed by atoms with Crippen LogP contribution in [0.3, 0.4) is 0 Å². The summed E-state index contributed by atoms with van der Waals surface area (Å²) in [5.74, 6) is -0.262. The molecule has 0 saturated carbocycles. The average molecular weight is 529 g/mol. The number of furan rings is 1. The molecule has 1 aliphatic rings. The molecule has 1 saturated heterocycles. The Labute approximate surface area is 216 Å². The van der Waals surface area contributed by atoms with E-state index in [1.165, 1.54) is 12.1 Å². The van der Waals surface area contributed by atoms with Crippen molar-refractivity contribution in [1.82, 2.24) is 15.2 Å². The zero-order chi connectivity index (χ0) is 25.4. The molecule has 7 nitrogen and oxygen atoms in total. The second-order valence-electron chi connectivity index (χ2n) is 8.57. The van der Waals surface area contributed by atoms with Crippen molar-refractivity contribution in [1.29, 1.82) is 0 Å². The Hall–Kier alpha value is -3.33. The quantitative estimate of drug-likeness (QED) is 0.244. The van der Waals surface area contributed by atoms with Crippen molar-refractivity contribution in [3.05, 3.63) is 75.8 Å². The monoisotopic (exact) mass is 528 g/mol. The number of nitrogen functional groups attached to an aromatic ring is 1. The molecule has 1 unspecified atom stereocenters. The molecule has 4 aromatic rings. The highest BCUT2D eigenvalue weighted by Crippen LogP contribution is 2.41. The van der Waals surface area contributed by atoms with Gasteiger partial charge in [0.1, 0.15) is 11.9 Å². The van der Waals surface area contributed by atoms with Crippen molar-refractivity contribution < 1.29 is 18.3 Å². The highest BCUT2D eigenvalue weighted by molar-refractivity contribution is 6.36. The largest absolute Gasteiger partial charge is 0.478 e. The molecular weight excluding hydrogens is 506 g/mol. The van der Waals surface area contributed by atoms with E-state index in [1.54, 1.807) is 24.3 Å². The molecule has 1 fully saturated rings. The first-order chi connectivity index (χ1) is 17.4. The van der Waals surface area contributed by atoms with E-state index in [4.69, 9.17) is 38.1 Å². The van der Waals surface area contributed by atoms with E-state index in [1.807, 2.05) is 24.3 Å². The van der Waals surface area contributed by atoms with Crippen molar-refractivity contribution in [2.75, 3.05) is 25.4 Å². The standard InChI is InChI=1S/C26H23Cl2FN4O3/c1-14(22-19(27)6-7-20(29)23(22)28)36-25-24-17(10-32-26(25)30)18(12-35-24)15-2-4-16(5-3-15)21-11-31-8-9-33(21)13-34/h2-7,10,12-14,21,31H,8-9,11H2,1H3,(H2,30,32)/t14-,21?/m1/s1. The van der Waals surface area contributed by atoms with E-state index in [9.17, 15) is 9.18 Å². The summed E-state index contributed by atoms with van der Waals surface area (Å²) in [7, 11) is 0. The lowest BCUT2D eigenvalue weighted by Crippen LogP contribution is -2.45. The van der Waals surface area contributed by atoms with Gasteiger partial charge < -0.3 is 25.1 Å². The number of ether oxygens (including phenoxy) is 1. The Bertz CT molecular complexity index is 1430. The van der Waals surface area contributed by atoms with Crippen LogP contribution in [-0.2, 0) is 4.79 Å². The Morgan fingerprint density at radius 1 is 1.28 bits per heavy atom. The zero-order valence-corrected chi connectivity index (χ0v) is 20.8. The number of nitrogens with two attached hydrogens (primary N) is 1. The fraction of sp³-hybridized carbons (Fsp3) is 0.231. The van der Waals surface area contributed by atoms with Crippen molar-refractivity contribution in [3.63, 3.8) is 0 Å². The summed E-state index contributed by atoms with van der Waals surface area (Å²) in [6, 6.07) is 10.6. The van der Waals surface area contributed by atoms with Crippen molar-refractivity contribution in [2.45, 2.75) is 19.1 Å². The van der Waals surface area contributed by atoms with E-state index in [0.717, 1.165) is 29.6 Å². The van der Waals surface area contributed by atoms with Gasteiger partial charge in [-0.25, -0.2) is 9.37 Å². The lowest BCUT2D eigenvalue weighted by molar-refractivity contribution is -0.121. The van der Waals surface area contributed by atoms with Crippen molar-refractivity contribution in [2.24, 2.45) is 0 Å². The summed E-state index contributed by atoms with van der Waals surface area (Å²) in [6.45, 7) is 3.85. The van der Waals surface area contributed by atoms with E-state index < -0.39 is 11.9 Å². The van der Waals surface area contributed by atoms with Gasteiger partial charge in [0.15, 0.2) is 11.4 Å². The minimum absolute atomic E-state index is 0.0178. The molecular formula is C26H23Cl2FN4O3. The van der Waals surface area contributed by atoms with Gasteiger partial charge in [-0.05, 0) is 30.2 Å². The number of carbonyl (C=O) groups excluding carboxylic acids is 1. The molecule has 10 heteroatoms. The SMILES string of the molecule is C[C@@H](Oc1c(N)ncc2c(-c3ccc(C4CNCCN4C=O)cc3)coc12)c1c(Cl)ccc(F)c1Cl. The van der Waals surface area contributed by atoms with E-state index >= 15 is 0 Å². The van der Waals surface area contributed by atoms with Crippen LogP contribution in [-0.4, -0.2) is 35.9 Å². The summed E-state index contributed by atoms with van der Waals surface area (Å²) in [6.07, 6.45) is 3.40. The van der Waals surface area contributed by atoms with Gasteiger partial charge in [-0.3, -0.25) is 4.79 Å². The van der Waals surface area contributed by atoms with Crippen LogP contribution >= 0.6 is 23.2 Å². The topological polar surface area (TPSA) is 93.6 Å². The minimum Gasteiger partial charge on any atom is -0.478 e. The molecule has 3 N–H and O–H groups in total. The van der Waals surface area contributed by atoms with Crippen molar-refractivity contribution in [3.8, 4) is 16.9 Å². The van der Waals surface area contributed by atoms with Crippen molar-refractivity contribution >= 4 is 46.4 Å². The number of nitrogens with zero attached hydrogens (tertiary/aromatic N) is 2. The Morgan fingerprint density at radius 3 is 2.81 bits per heavy atom. The number of nitrogens with one attached hydrogen (secondary N) is 1. The summed E-state index contributed by atoms with van der Waals surface area (Å²) < 4.78 is 26.0. The molecule has 3 heterocycles. The summed E-state index contributed by atoms with van der Waals surface area (Å²) >= 11 is 12.4. The maximum Gasteiger partial charge on any atom is 0.210 e. The van der Waals surface area contributed by atoms with Crippen LogP contribution in [0.1, 0.15) is 30.2 Å².